The number of rotatable bonds is 5. The molecule has 0 saturated carbocycles. The van der Waals surface area contributed by atoms with Crippen LogP contribution in [0.25, 0.3) is 11.3 Å². The molecule has 1 aliphatic rings. The number of aryl methyl sites for hydroxylation is 1. The summed E-state index contributed by atoms with van der Waals surface area (Å²) < 4.78 is 5.92. The lowest BCUT2D eigenvalue weighted by atomic mass is 10.1. The van der Waals surface area contributed by atoms with Gasteiger partial charge < -0.3 is 20.3 Å². The molecule has 1 aromatic carbocycles. The summed E-state index contributed by atoms with van der Waals surface area (Å²) in [5.74, 6) is 0.111. The third-order valence-electron chi connectivity index (χ3n) is 5.75. The molecular formula is C23H27N7O5. The number of nitrogens with one attached hydrogen (secondary N) is 3. The van der Waals surface area contributed by atoms with Crippen molar-refractivity contribution >= 4 is 23.7 Å². The maximum atomic E-state index is 12.9. The Kier molecular flexibility index (Phi) is 8.04. The van der Waals surface area contributed by atoms with Gasteiger partial charge in [0.25, 0.3) is 5.56 Å². The highest BCUT2D eigenvalue weighted by atomic mass is 16.5. The zero-order valence-corrected chi connectivity index (χ0v) is 19.8. The van der Waals surface area contributed by atoms with Gasteiger partial charge in [0, 0.05) is 37.8 Å². The number of anilines is 1. The number of methoxy groups -OCH3 is 1. The van der Waals surface area contributed by atoms with E-state index in [1.165, 1.54) is 23.8 Å². The molecule has 1 fully saturated rings. The highest BCUT2D eigenvalue weighted by molar-refractivity contribution is 5.91. The van der Waals surface area contributed by atoms with Crippen LogP contribution in [-0.4, -0.2) is 65.8 Å². The van der Waals surface area contributed by atoms with E-state index in [4.69, 9.17) is 0 Å². The predicted octanol–water partition coefficient (Wildman–Crippen LogP) is 1.19. The third kappa shape index (κ3) is 6.14. The zero-order valence-electron chi connectivity index (χ0n) is 19.8. The summed E-state index contributed by atoms with van der Waals surface area (Å²) in [5, 5.41) is 17.1. The van der Waals surface area contributed by atoms with Crippen LogP contribution in [0.5, 0.6) is 0 Å². The summed E-state index contributed by atoms with van der Waals surface area (Å²) in [6.07, 6.45) is 0.518. The number of piperidine rings is 1. The summed E-state index contributed by atoms with van der Waals surface area (Å²) in [7, 11) is 2.76. The van der Waals surface area contributed by atoms with Gasteiger partial charge in [-0.05, 0) is 38.0 Å². The second-order valence-electron chi connectivity index (χ2n) is 7.98. The first-order valence-corrected chi connectivity index (χ1v) is 11.0. The number of urea groups is 1. The number of aromatic nitrogens is 2. The molecule has 0 radical (unpaired) electrons. The maximum absolute atomic E-state index is 12.9. The monoisotopic (exact) mass is 481 g/mol. The van der Waals surface area contributed by atoms with Crippen LogP contribution >= 0.6 is 0 Å². The predicted molar refractivity (Wildman–Crippen MR) is 127 cm³/mol. The van der Waals surface area contributed by atoms with Crippen LogP contribution in [0.2, 0.25) is 0 Å². The van der Waals surface area contributed by atoms with E-state index in [0.29, 0.717) is 42.9 Å². The molecule has 0 aliphatic carbocycles. The number of hydrogen-bond acceptors (Lipinski definition) is 7. The molecule has 1 saturated heterocycles. The number of carbonyl (C=O) groups excluding carboxylic acids is 3. The highest BCUT2D eigenvalue weighted by Gasteiger charge is 2.24. The second-order valence-corrected chi connectivity index (χ2v) is 7.98. The van der Waals surface area contributed by atoms with E-state index in [9.17, 15) is 24.4 Å². The van der Waals surface area contributed by atoms with Gasteiger partial charge in [0.2, 0.25) is 5.91 Å². The lowest BCUT2D eigenvalue weighted by Crippen LogP contribution is -2.49. The molecule has 3 rings (SSSR count). The Bertz CT molecular complexity index is 1230. The van der Waals surface area contributed by atoms with Crippen molar-refractivity contribution in [1.29, 1.82) is 5.26 Å². The number of hydrogen-bond donors (Lipinski definition) is 3. The van der Waals surface area contributed by atoms with Gasteiger partial charge in [-0.15, -0.1) is 0 Å². The molecule has 4 amide bonds. The van der Waals surface area contributed by atoms with Crippen LogP contribution in [0.4, 0.5) is 15.3 Å². The maximum Gasteiger partial charge on any atom is 0.411 e. The van der Waals surface area contributed by atoms with Crippen LogP contribution in [0, 0.1) is 18.3 Å². The quantitative estimate of drug-likeness (QED) is 0.578. The van der Waals surface area contributed by atoms with Crippen molar-refractivity contribution in [2.75, 3.05) is 32.6 Å². The van der Waals surface area contributed by atoms with E-state index in [1.807, 2.05) is 6.07 Å². The Labute approximate surface area is 201 Å². The molecule has 35 heavy (non-hydrogen) atoms. The number of nitrogens with zero attached hydrogens (tertiary/aromatic N) is 4. The average Bonchev–Trinajstić information content (AvgIpc) is 2.86. The average molecular weight is 482 g/mol. The van der Waals surface area contributed by atoms with Crippen molar-refractivity contribution in [3.05, 3.63) is 46.0 Å². The van der Waals surface area contributed by atoms with E-state index < -0.39 is 11.7 Å². The minimum atomic E-state index is -0.730. The summed E-state index contributed by atoms with van der Waals surface area (Å²) in [6, 6.07) is 7.60. The molecule has 2 heterocycles. The number of amides is 4. The number of carbonyl (C=O) groups is 3. The molecular weight excluding hydrogens is 454 g/mol. The van der Waals surface area contributed by atoms with E-state index >= 15 is 0 Å². The fourth-order valence-electron chi connectivity index (χ4n) is 3.82. The van der Waals surface area contributed by atoms with Crippen molar-refractivity contribution in [2.45, 2.75) is 32.4 Å². The van der Waals surface area contributed by atoms with Crippen LogP contribution in [0.1, 0.15) is 24.2 Å². The fraction of sp³-hybridized carbons (Fsp3) is 0.391. The van der Waals surface area contributed by atoms with Crippen LogP contribution < -0.4 is 21.5 Å². The van der Waals surface area contributed by atoms with Gasteiger partial charge in [0.05, 0.1) is 30.1 Å². The van der Waals surface area contributed by atoms with Gasteiger partial charge in [0.1, 0.15) is 12.4 Å². The number of likely N-dealkylation sites (tertiary alicyclic amines) is 1. The summed E-state index contributed by atoms with van der Waals surface area (Å²) in [5.41, 5.74) is 0.867. The molecule has 184 valence electrons. The molecule has 0 bridgehead atoms. The SMILES string of the molecule is CNC(=O)NC1CCN(C(=O)Cn2c(C)nc(-c3ccc(C#N)cc3NC(=O)OC)cc2=O)CC1. The first-order chi connectivity index (χ1) is 16.7. The molecule has 0 unspecified atom stereocenters. The van der Waals surface area contributed by atoms with Gasteiger partial charge in [-0.2, -0.15) is 5.26 Å². The lowest BCUT2D eigenvalue weighted by molar-refractivity contribution is -0.133. The van der Waals surface area contributed by atoms with Gasteiger partial charge in [-0.1, -0.05) is 0 Å². The normalized spacial score (nSPS) is 13.5. The number of ether oxygens (including phenoxy) is 1. The van der Waals surface area contributed by atoms with Crippen molar-refractivity contribution in [2.24, 2.45) is 0 Å². The van der Waals surface area contributed by atoms with Crippen LogP contribution in [-0.2, 0) is 16.1 Å². The Morgan fingerprint density at radius 3 is 2.54 bits per heavy atom. The van der Waals surface area contributed by atoms with Gasteiger partial charge >= 0.3 is 12.1 Å². The summed E-state index contributed by atoms with van der Waals surface area (Å²) in [6.45, 7) is 2.40. The third-order valence-corrected chi connectivity index (χ3v) is 5.75. The van der Waals surface area contributed by atoms with E-state index in [1.54, 1.807) is 31.0 Å². The zero-order chi connectivity index (χ0) is 25.5. The summed E-state index contributed by atoms with van der Waals surface area (Å²) in [4.78, 5) is 55.1. The van der Waals surface area contributed by atoms with Crippen LogP contribution in [0.15, 0.2) is 29.1 Å². The minimum Gasteiger partial charge on any atom is -0.453 e. The molecule has 12 heteroatoms. The molecule has 1 aromatic heterocycles. The van der Waals surface area contributed by atoms with E-state index in [-0.39, 0.29) is 35.9 Å². The Morgan fingerprint density at radius 1 is 1.23 bits per heavy atom. The summed E-state index contributed by atoms with van der Waals surface area (Å²) >= 11 is 0. The number of benzene rings is 1. The molecule has 12 nitrogen and oxygen atoms in total. The Balaban J connectivity index is 1.77. The first-order valence-electron chi connectivity index (χ1n) is 11.0. The molecule has 0 spiro atoms. The second kappa shape index (κ2) is 11.1. The van der Waals surface area contributed by atoms with Gasteiger partial charge in [-0.25, -0.2) is 14.6 Å². The standard InChI is InChI=1S/C23H27N7O5/c1-14-26-19(17-5-4-15(12-24)10-18(17)28-23(34)35-3)11-20(31)30(14)13-21(32)29-8-6-16(7-9-29)27-22(33)25-2/h4-5,10-11,16H,6-9,13H2,1-3H3,(H,28,34)(H2,25,27,33). The van der Waals surface area contributed by atoms with Gasteiger partial charge in [-0.3, -0.25) is 19.5 Å². The Morgan fingerprint density at radius 2 is 1.94 bits per heavy atom. The molecule has 3 N–H and O–H groups in total. The molecule has 1 aliphatic heterocycles. The van der Waals surface area contributed by atoms with Crippen molar-refractivity contribution in [3.8, 4) is 17.3 Å². The van der Waals surface area contributed by atoms with E-state index in [0.717, 1.165) is 0 Å². The van der Waals surface area contributed by atoms with Crippen molar-refractivity contribution in [1.82, 2.24) is 25.1 Å². The first kappa shape index (κ1) is 25.2. The highest BCUT2D eigenvalue weighted by Crippen LogP contribution is 2.27. The largest absolute Gasteiger partial charge is 0.453 e. The van der Waals surface area contributed by atoms with Crippen LogP contribution in [0.3, 0.4) is 0 Å². The topological polar surface area (TPSA) is 158 Å². The van der Waals surface area contributed by atoms with Gasteiger partial charge in [0.15, 0.2) is 0 Å². The lowest BCUT2D eigenvalue weighted by Gasteiger charge is -2.32. The Hall–Kier alpha value is -4.40. The van der Waals surface area contributed by atoms with Crippen molar-refractivity contribution < 1.29 is 19.1 Å². The molecule has 0 atom stereocenters. The fourth-order valence-corrected chi connectivity index (χ4v) is 3.82. The van der Waals surface area contributed by atoms with Crippen molar-refractivity contribution in [3.63, 3.8) is 0 Å². The smallest absolute Gasteiger partial charge is 0.411 e. The minimum absolute atomic E-state index is 0.00961. The van der Waals surface area contributed by atoms with E-state index in [2.05, 4.69) is 25.7 Å². The molecule has 2 aromatic rings. The number of nitriles is 1.